The van der Waals surface area contributed by atoms with Crippen LogP contribution in [0.4, 0.5) is 5.69 Å². The molecular weight excluding hydrogens is 295 g/mol. The van der Waals surface area contributed by atoms with Gasteiger partial charge in [0.1, 0.15) is 0 Å². The molecular formula is C11H8Cl2N2O2S. The van der Waals surface area contributed by atoms with E-state index in [1.807, 2.05) is 0 Å². The van der Waals surface area contributed by atoms with Crippen molar-refractivity contribution in [1.82, 2.24) is 4.98 Å². The number of sulfonamides is 1. The van der Waals surface area contributed by atoms with E-state index < -0.39 is 10.0 Å². The first kappa shape index (κ1) is 13.1. The first-order valence-electron chi connectivity index (χ1n) is 4.87. The Bertz CT molecular complexity index is 657. The average Bonchev–Trinajstić information content (AvgIpc) is 2.32. The lowest BCUT2D eigenvalue weighted by Gasteiger charge is -2.08. The van der Waals surface area contributed by atoms with E-state index in [-0.39, 0.29) is 15.6 Å². The monoisotopic (exact) mass is 302 g/mol. The van der Waals surface area contributed by atoms with E-state index in [4.69, 9.17) is 23.2 Å². The van der Waals surface area contributed by atoms with E-state index in [0.29, 0.717) is 5.02 Å². The molecule has 2 rings (SSSR count). The standard InChI is InChI=1S/C11H8Cl2N2O2S/c12-8-1-3-9(4-2-8)18(16,17)15-11-7-14-6-5-10(11)13/h1-7,15H. The average molecular weight is 303 g/mol. The SMILES string of the molecule is O=S(=O)(Nc1cnccc1Cl)c1ccc(Cl)cc1. The molecule has 1 heterocycles. The van der Waals surface area contributed by atoms with Gasteiger partial charge in [-0.2, -0.15) is 0 Å². The molecule has 0 spiro atoms. The highest BCUT2D eigenvalue weighted by molar-refractivity contribution is 7.92. The fraction of sp³-hybridized carbons (Fsp3) is 0. The molecule has 94 valence electrons. The van der Waals surface area contributed by atoms with Crippen LogP contribution < -0.4 is 4.72 Å². The zero-order chi connectivity index (χ0) is 13.2. The lowest BCUT2D eigenvalue weighted by atomic mass is 10.4. The number of anilines is 1. The molecule has 1 aromatic carbocycles. The van der Waals surface area contributed by atoms with Crippen molar-refractivity contribution in [3.8, 4) is 0 Å². The first-order valence-corrected chi connectivity index (χ1v) is 7.11. The predicted octanol–water partition coefficient (Wildman–Crippen LogP) is 3.19. The molecule has 0 unspecified atom stereocenters. The summed E-state index contributed by atoms with van der Waals surface area (Å²) in [6.07, 6.45) is 2.82. The number of nitrogens with one attached hydrogen (secondary N) is 1. The molecule has 0 aliphatic heterocycles. The Morgan fingerprint density at radius 3 is 2.33 bits per heavy atom. The Balaban J connectivity index is 2.33. The van der Waals surface area contributed by atoms with Gasteiger partial charge in [-0.25, -0.2) is 8.42 Å². The van der Waals surface area contributed by atoms with Crippen LogP contribution in [-0.4, -0.2) is 13.4 Å². The topological polar surface area (TPSA) is 59.1 Å². The third kappa shape index (κ3) is 2.93. The molecule has 2 aromatic rings. The Kier molecular flexibility index (Phi) is 3.75. The molecule has 18 heavy (non-hydrogen) atoms. The van der Waals surface area contributed by atoms with Crippen LogP contribution in [0.15, 0.2) is 47.6 Å². The van der Waals surface area contributed by atoms with Gasteiger partial charge in [0, 0.05) is 11.2 Å². The van der Waals surface area contributed by atoms with Crippen molar-refractivity contribution >= 4 is 38.9 Å². The third-order valence-electron chi connectivity index (χ3n) is 2.14. The Morgan fingerprint density at radius 2 is 1.72 bits per heavy atom. The highest BCUT2D eigenvalue weighted by Gasteiger charge is 2.15. The minimum atomic E-state index is -3.69. The molecule has 4 nitrogen and oxygen atoms in total. The number of nitrogens with zero attached hydrogens (tertiary/aromatic N) is 1. The lowest BCUT2D eigenvalue weighted by Crippen LogP contribution is -2.13. The minimum Gasteiger partial charge on any atom is -0.277 e. The molecule has 0 aliphatic carbocycles. The van der Waals surface area contributed by atoms with Gasteiger partial charge in [0.05, 0.1) is 21.8 Å². The highest BCUT2D eigenvalue weighted by Crippen LogP contribution is 2.23. The summed E-state index contributed by atoms with van der Waals surface area (Å²) < 4.78 is 26.4. The summed E-state index contributed by atoms with van der Waals surface area (Å²) in [5.41, 5.74) is 0.231. The molecule has 0 aliphatic rings. The van der Waals surface area contributed by atoms with E-state index in [0.717, 1.165) is 0 Å². The number of pyridine rings is 1. The number of benzene rings is 1. The van der Waals surface area contributed by atoms with Gasteiger partial charge in [0.25, 0.3) is 10.0 Å². The second-order valence-corrected chi connectivity index (χ2v) is 5.94. The number of hydrogen-bond acceptors (Lipinski definition) is 3. The first-order chi connectivity index (χ1) is 8.49. The number of aromatic nitrogens is 1. The zero-order valence-corrected chi connectivity index (χ0v) is 11.3. The maximum atomic E-state index is 12.0. The van der Waals surface area contributed by atoms with Crippen molar-refractivity contribution in [2.24, 2.45) is 0 Å². The molecule has 1 N–H and O–H groups in total. The maximum absolute atomic E-state index is 12.0. The van der Waals surface area contributed by atoms with Crippen LogP contribution >= 0.6 is 23.2 Å². The lowest BCUT2D eigenvalue weighted by molar-refractivity contribution is 0.601. The second kappa shape index (κ2) is 5.14. The van der Waals surface area contributed by atoms with Crippen LogP contribution in [0.1, 0.15) is 0 Å². The van der Waals surface area contributed by atoms with Crippen LogP contribution in [0.3, 0.4) is 0 Å². The molecule has 0 saturated carbocycles. The van der Waals surface area contributed by atoms with Crippen LogP contribution in [0, 0.1) is 0 Å². The van der Waals surface area contributed by atoms with E-state index in [2.05, 4.69) is 9.71 Å². The van der Waals surface area contributed by atoms with Gasteiger partial charge < -0.3 is 0 Å². The van der Waals surface area contributed by atoms with Gasteiger partial charge in [0.15, 0.2) is 0 Å². The molecule has 1 aromatic heterocycles. The summed E-state index contributed by atoms with van der Waals surface area (Å²) >= 11 is 11.6. The van der Waals surface area contributed by atoms with Gasteiger partial charge in [-0.3, -0.25) is 9.71 Å². The van der Waals surface area contributed by atoms with E-state index in [1.165, 1.54) is 42.7 Å². The Hall–Kier alpha value is -1.30. The maximum Gasteiger partial charge on any atom is 0.261 e. The van der Waals surface area contributed by atoms with Crippen molar-refractivity contribution in [2.75, 3.05) is 4.72 Å². The summed E-state index contributed by atoms with van der Waals surface area (Å²) in [5.74, 6) is 0. The van der Waals surface area contributed by atoms with Gasteiger partial charge in [-0.15, -0.1) is 0 Å². The second-order valence-electron chi connectivity index (χ2n) is 3.41. The number of rotatable bonds is 3. The predicted molar refractivity (Wildman–Crippen MR) is 71.5 cm³/mol. The molecule has 7 heteroatoms. The molecule has 0 amide bonds. The minimum absolute atomic E-state index is 0.104. The van der Waals surface area contributed by atoms with Gasteiger partial charge in [-0.05, 0) is 30.3 Å². The third-order valence-corrected chi connectivity index (χ3v) is 4.10. The van der Waals surface area contributed by atoms with E-state index in [9.17, 15) is 8.42 Å². The fourth-order valence-electron chi connectivity index (χ4n) is 1.27. The van der Waals surface area contributed by atoms with Crippen molar-refractivity contribution in [3.63, 3.8) is 0 Å². The van der Waals surface area contributed by atoms with Gasteiger partial charge in [0.2, 0.25) is 0 Å². The van der Waals surface area contributed by atoms with Crippen LogP contribution in [-0.2, 0) is 10.0 Å². The highest BCUT2D eigenvalue weighted by atomic mass is 35.5. The molecule has 0 fully saturated rings. The number of halogens is 2. The van der Waals surface area contributed by atoms with Crippen molar-refractivity contribution < 1.29 is 8.42 Å². The van der Waals surface area contributed by atoms with Crippen molar-refractivity contribution in [2.45, 2.75) is 4.90 Å². The Morgan fingerprint density at radius 1 is 1.06 bits per heavy atom. The van der Waals surface area contributed by atoms with Crippen molar-refractivity contribution in [1.29, 1.82) is 0 Å². The smallest absolute Gasteiger partial charge is 0.261 e. The fourth-order valence-corrected chi connectivity index (χ4v) is 2.67. The molecule has 0 bridgehead atoms. The van der Waals surface area contributed by atoms with Gasteiger partial charge >= 0.3 is 0 Å². The zero-order valence-electron chi connectivity index (χ0n) is 8.97. The van der Waals surface area contributed by atoms with E-state index >= 15 is 0 Å². The largest absolute Gasteiger partial charge is 0.277 e. The molecule has 0 radical (unpaired) electrons. The molecule has 0 saturated heterocycles. The quantitative estimate of drug-likeness (QED) is 0.947. The van der Waals surface area contributed by atoms with Crippen LogP contribution in [0.2, 0.25) is 10.0 Å². The summed E-state index contributed by atoms with van der Waals surface area (Å²) in [6.45, 7) is 0. The summed E-state index contributed by atoms with van der Waals surface area (Å²) in [4.78, 5) is 3.91. The summed E-state index contributed by atoms with van der Waals surface area (Å²) in [5, 5.41) is 0.746. The summed E-state index contributed by atoms with van der Waals surface area (Å²) in [7, 11) is -3.69. The van der Waals surface area contributed by atoms with Crippen molar-refractivity contribution in [3.05, 3.63) is 52.8 Å². The van der Waals surface area contributed by atoms with Crippen LogP contribution in [0.25, 0.3) is 0 Å². The van der Waals surface area contributed by atoms with Gasteiger partial charge in [-0.1, -0.05) is 23.2 Å². The van der Waals surface area contributed by atoms with Crippen LogP contribution in [0.5, 0.6) is 0 Å². The Labute approximate surface area is 115 Å². The summed E-state index contributed by atoms with van der Waals surface area (Å²) in [6, 6.07) is 7.33. The normalized spacial score (nSPS) is 11.2. The van der Waals surface area contributed by atoms with E-state index in [1.54, 1.807) is 0 Å². The number of hydrogen-bond donors (Lipinski definition) is 1. The molecule has 0 atom stereocenters.